The van der Waals surface area contributed by atoms with E-state index in [1.54, 1.807) is 19.1 Å². The zero-order valence-electron chi connectivity index (χ0n) is 18.4. The first kappa shape index (κ1) is 20.9. The van der Waals surface area contributed by atoms with E-state index < -0.39 is 23.4 Å². The van der Waals surface area contributed by atoms with Crippen molar-refractivity contribution in [3.63, 3.8) is 0 Å². The van der Waals surface area contributed by atoms with E-state index in [0.717, 1.165) is 40.9 Å². The number of hydrogen-bond acceptors (Lipinski definition) is 3. The van der Waals surface area contributed by atoms with E-state index in [4.69, 9.17) is 0 Å². The lowest BCUT2D eigenvalue weighted by Gasteiger charge is -2.23. The van der Waals surface area contributed by atoms with E-state index in [1.807, 2.05) is 60.7 Å². The predicted octanol–water partition coefficient (Wildman–Crippen LogP) is 4.25. The highest BCUT2D eigenvalue weighted by molar-refractivity contribution is 6.10. The summed E-state index contributed by atoms with van der Waals surface area (Å²) in [5.74, 6) is -0.843. The molecule has 1 unspecified atom stereocenters. The summed E-state index contributed by atoms with van der Waals surface area (Å²) in [6.45, 7) is 1.36. The van der Waals surface area contributed by atoms with E-state index in [9.17, 15) is 14.4 Å². The maximum atomic E-state index is 13.2. The number of amides is 4. The van der Waals surface area contributed by atoms with Crippen molar-refractivity contribution in [1.82, 2.24) is 10.2 Å². The van der Waals surface area contributed by atoms with Crippen LogP contribution in [0.25, 0.3) is 11.1 Å². The maximum Gasteiger partial charge on any atom is 0.325 e. The lowest BCUT2D eigenvalue weighted by molar-refractivity contribution is -0.133. The van der Waals surface area contributed by atoms with Crippen LogP contribution in [0.5, 0.6) is 0 Å². The second kappa shape index (κ2) is 8.20. The van der Waals surface area contributed by atoms with Crippen LogP contribution in [0.15, 0.2) is 72.8 Å². The fourth-order valence-electron chi connectivity index (χ4n) is 4.64. The highest BCUT2D eigenvalue weighted by atomic mass is 16.2. The summed E-state index contributed by atoms with van der Waals surface area (Å²) in [5, 5.41) is 5.57. The van der Waals surface area contributed by atoms with Crippen LogP contribution in [-0.4, -0.2) is 29.3 Å². The van der Waals surface area contributed by atoms with Crippen molar-refractivity contribution in [1.29, 1.82) is 0 Å². The third-order valence-corrected chi connectivity index (χ3v) is 6.53. The molecule has 3 aromatic carbocycles. The molecule has 0 radical (unpaired) electrons. The first-order valence-electron chi connectivity index (χ1n) is 11.2. The molecule has 1 saturated heterocycles. The number of benzene rings is 3. The quantitative estimate of drug-likeness (QED) is 0.584. The molecule has 166 valence electrons. The summed E-state index contributed by atoms with van der Waals surface area (Å²) in [5.41, 5.74) is 4.83. The number of nitrogens with zero attached hydrogens (tertiary/aromatic N) is 1. The summed E-state index contributed by atoms with van der Waals surface area (Å²) >= 11 is 0. The van der Waals surface area contributed by atoms with Crippen molar-refractivity contribution >= 4 is 23.5 Å². The van der Waals surface area contributed by atoms with Gasteiger partial charge in [0.15, 0.2) is 0 Å². The molecule has 1 aliphatic carbocycles. The zero-order valence-corrected chi connectivity index (χ0v) is 18.4. The molecule has 1 aliphatic heterocycles. The molecular formula is C27H25N3O3. The van der Waals surface area contributed by atoms with Gasteiger partial charge in [-0.15, -0.1) is 0 Å². The summed E-state index contributed by atoms with van der Waals surface area (Å²) < 4.78 is 0. The van der Waals surface area contributed by atoms with Crippen molar-refractivity contribution in [2.75, 3.05) is 11.9 Å². The molecule has 6 heteroatoms. The Morgan fingerprint density at radius 1 is 0.939 bits per heavy atom. The van der Waals surface area contributed by atoms with E-state index >= 15 is 0 Å². The number of urea groups is 1. The fraction of sp³-hybridized carbons (Fsp3) is 0.222. The number of nitrogens with one attached hydrogen (secondary N) is 2. The fourth-order valence-corrected chi connectivity index (χ4v) is 4.64. The molecule has 1 atom stereocenters. The van der Waals surface area contributed by atoms with E-state index in [2.05, 4.69) is 10.6 Å². The molecule has 5 rings (SSSR count). The Bertz CT molecular complexity index is 1240. The van der Waals surface area contributed by atoms with Crippen LogP contribution in [0.4, 0.5) is 10.5 Å². The van der Waals surface area contributed by atoms with Crippen LogP contribution in [0.1, 0.15) is 30.0 Å². The van der Waals surface area contributed by atoms with Gasteiger partial charge in [0.1, 0.15) is 12.1 Å². The minimum atomic E-state index is -1.17. The van der Waals surface area contributed by atoms with Crippen molar-refractivity contribution in [3.05, 3.63) is 89.5 Å². The van der Waals surface area contributed by atoms with Gasteiger partial charge in [0, 0.05) is 5.69 Å². The highest BCUT2D eigenvalue weighted by Crippen LogP contribution is 2.32. The van der Waals surface area contributed by atoms with Crippen molar-refractivity contribution in [2.24, 2.45) is 0 Å². The average molecular weight is 440 g/mol. The van der Waals surface area contributed by atoms with Gasteiger partial charge in [-0.25, -0.2) is 4.79 Å². The smallest absolute Gasteiger partial charge is 0.325 e. The third kappa shape index (κ3) is 3.89. The van der Waals surface area contributed by atoms with Crippen LogP contribution in [0.2, 0.25) is 0 Å². The molecule has 0 aromatic heterocycles. The Morgan fingerprint density at radius 2 is 1.64 bits per heavy atom. The van der Waals surface area contributed by atoms with Crippen molar-refractivity contribution in [3.8, 4) is 11.1 Å². The molecule has 33 heavy (non-hydrogen) atoms. The van der Waals surface area contributed by atoms with Crippen LogP contribution in [0.3, 0.4) is 0 Å². The Morgan fingerprint density at radius 3 is 2.39 bits per heavy atom. The molecule has 2 N–H and O–H groups in total. The lowest BCUT2D eigenvalue weighted by Crippen LogP contribution is -2.42. The second-order valence-corrected chi connectivity index (χ2v) is 8.78. The van der Waals surface area contributed by atoms with E-state index in [0.29, 0.717) is 5.69 Å². The first-order chi connectivity index (χ1) is 15.9. The van der Waals surface area contributed by atoms with Crippen molar-refractivity contribution in [2.45, 2.75) is 31.7 Å². The molecule has 2 aliphatic rings. The molecule has 0 bridgehead atoms. The Labute approximate surface area is 192 Å². The molecule has 3 aromatic rings. The maximum absolute atomic E-state index is 13.2. The largest absolute Gasteiger partial charge is 0.325 e. The number of fused-ring (bicyclic) bond motifs is 1. The lowest BCUT2D eigenvalue weighted by atomic mass is 9.89. The number of hydrogen-bond donors (Lipinski definition) is 2. The average Bonchev–Trinajstić information content (AvgIpc) is 3.38. The third-order valence-electron chi connectivity index (χ3n) is 6.53. The number of carbonyl (C=O) groups is 3. The Hall–Kier alpha value is -3.93. The highest BCUT2D eigenvalue weighted by Gasteiger charge is 2.49. The van der Waals surface area contributed by atoms with Crippen LogP contribution in [0, 0.1) is 0 Å². The first-order valence-corrected chi connectivity index (χ1v) is 11.2. The van der Waals surface area contributed by atoms with Gasteiger partial charge in [-0.3, -0.25) is 14.5 Å². The van der Waals surface area contributed by atoms with Crippen LogP contribution in [-0.2, 0) is 28.0 Å². The summed E-state index contributed by atoms with van der Waals surface area (Å²) in [4.78, 5) is 39.4. The summed E-state index contributed by atoms with van der Waals surface area (Å²) in [7, 11) is 0. The molecule has 4 amide bonds. The minimum Gasteiger partial charge on any atom is -0.325 e. The molecule has 0 spiro atoms. The monoisotopic (exact) mass is 439 g/mol. The zero-order chi connectivity index (χ0) is 23.0. The molecule has 6 nitrogen and oxygen atoms in total. The molecule has 1 fully saturated rings. The van der Waals surface area contributed by atoms with Crippen LogP contribution < -0.4 is 10.6 Å². The summed E-state index contributed by atoms with van der Waals surface area (Å²) in [6.07, 6.45) is 3.14. The number of anilines is 1. The van der Waals surface area contributed by atoms with E-state index in [1.165, 1.54) is 11.1 Å². The number of carbonyl (C=O) groups excluding carboxylic acids is 3. The molecular weight excluding hydrogens is 414 g/mol. The number of aryl methyl sites for hydroxylation is 2. The number of imide groups is 1. The molecule has 1 heterocycles. The molecule has 0 saturated carbocycles. The second-order valence-electron chi connectivity index (χ2n) is 8.78. The van der Waals surface area contributed by atoms with Gasteiger partial charge in [0.2, 0.25) is 5.91 Å². The van der Waals surface area contributed by atoms with Gasteiger partial charge >= 0.3 is 6.03 Å². The Balaban J connectivity index is 1.27. The van der Waals surface area contributed by atoms with E-state index in [-0.39, 0.29) is 6.54 Å². The van der Waals surface area contributed by atoms with Crippen molar-refractivity contribution < 1.29 is 14.4 Å². The van der Waals surface area contributed by atoms with Gasteiger partial charge in [-0.1, -0.05) is 60.7 Å². The number of rotatable bonds is 5. The van der Waals surface area contributed by atoms with Crippen LogP contribution >= 0.6 is 0 Å². The summed E-state index contributed by atoms with van der Waals surface area (Å²) in [6, 6.07) is 22.8. The topological polar surface area (TPSA) is 78.5 Å². The minimum absolute atomic E-state index is 0.342. The van der Waals surface area contributed by atoms with Gasteiger partial charge in [-0.2, -0.15) is 0 Å². The Kier molecular flexibility index (Phi) is 5.21. The van der Waals surface area contributed by atoms with Gasteiger partial charge in [-0.05, 0) is 66.1 Å². The normalized spacial score (nSPS) is 19.4. The van der Waals surface area contributed by atoms with Gasteiger partial charge < -0.3 is 10.6 Å². The standard InChI is InChI=1S/C27H25N3O3/c1-27(22-13-10-19-8-5-9-21(19)16-22)25(32)30(26(33)29-27)17-24(31)28-23-14-11-20(12-15-23)18-6-3-2-4-7-18/h2-4,6-7,10-16H,5,8-9,17H2,1H3,(H,28,31)(H,29,33). The van der Waals surface area contributed by atoms with Gasteiger partial charge in [0.05, 0.1) is 0 Å². The SMILES string of the molecule is CC1(c2ccc3c(c2)CCC3)NC(=O)N(CC(=O)Nc2ccc(-c3ccccc3)cc2)C1=O. The predicted molar refractivity (Wildman–Crippen MR) is 127 cm³/mol. The van der Waals surface area contributed by atoms with Gasteiger partial charge in [0.25, 0.3) is 5.91 Å².